The first-order chi connectivity index (χ1) is 9.34. The van der Waals surface area contributed by atoms with Gasteiger partial charge in [0.2, 0.25) is 0 Å². The second-order valence-electron chi connectivity index (χ2n) is 4.16. The van der Waals surface area contributed by atoms with E-state index in [1.54, 1.807) is 0 Å². The molecule has 4 nitrogen and oxygen atoms in total. The Morgan fingerprint density at radius 3 is 2.65 bits per heavy atom. The highest BCUT2D eigenvalue weighted by atomic mass is 35.5. The Kier molecular flexibility index (Phi) is 5.94. The number of alkyl halides is 3. The van der Waals surface area contributed by atoms with E-state index in [0.29, 0.717) is 25.8 Å². The van der Waals surface area contributed by atoms with Crippen LogP contribution in [0.5, 0.6) is 0 Å². The van der Waals surface area contributed by atoms with Gasteiger partial charge < -0.3 is 16.3 Å². The van der Waals surface area contributed by atoms with E-state index in [1.807, 2.05) is 0 Å². The number of oxime groups is 1. The zero-order valence-corrected chi connectivity index (χ0v) is 11.3. The highest BCUT2D eigenvalue weighted by Crippen LogP contribution is 2.36. The number of benzene rings is 1. The first-order valence-corrected chi connectivity index (χ1v) is 6.29. The van der Waals surface area contributed by atoms with Gasteiger partial charge in [-0.15, -0.1) is 0 Å². The van der Waals surface area contributed by atoms with E-state index in [4.69, 9.17) is 22.5 Å². The molecule has 0 aromatic heterocycles. The zero-order valence-electron chi connectivity index (χ0n) is 10.5. The summed E-state index contributed by atoms with van der Waals surface area (Å²) in [7, 11) is 0. The van der Waals surface area contributed by atoms with Gasteiger partial charge in [-0.25, -0.2) is 0 Å². The molecule has 0 radical (unpaired) electrons. The van der Waals surface area contributed by atoms with E-state index >= 15 is 0 Å². The molecule has 0 aliphatic carbocycles. The van der Waals surface area contributed by atoms with Crippen molar-refractivity contribution in [2.24, 2.45) is 10.9 Å². The van der Waals surface area contributed by atoms with Crippen molar-refractivity contribution in [3.8, 4) is 0 Å². The van der Waals surface area contributed by atoms with Crippen LogP contribution in [0.25, 0.3) is 0 Å². The predicted octanol–water partition coefficient (Wildman–Crippen LogP) is 3.69. The van der Waals surface area contributed by atoms with Crippen LogP contribution in [0.1, 0.15) is 24.8 Å². The zero-order chi connectivity index (χ0) is 15.2. The fourth-order valence-electron chi connectivity index (χ4n) is 1.61. The number of unbranched alkanes of at least 4 members (excludes halogenated alkanes) is 1. The lowest BCUT2D eigenvalue weighted by atomic mass is 10.1. The van der Waals surface area contributed by atoms with Gasteiger partial charge in [-0.2, -0.15) is 13.2 Å². The third kappa shape index (κ3) is 5.16. The highest BCUT2D eigenvalue weighted by molar-refractivity contribution is 6.30. The number of nitrogens with zero attached hydrogens (tertiary/aromatic N) is 1. The molecule has 0 aliphatic heterocycles. The predicted molar refractivity (Wildman–Crippen MR) is 72.2 cm³/mol. The summed E-state index contributed by atoms with van der Waals surface area (Å²) in [5.74, 6) is 0.104. The summed E-state index contributed by atoms with van der Waals surface area (Å²) in [5, 5.41) is 13.9. The van der Waals surface area contributed by atoms with Crippen LogP contribution in [0, 0.1) is 0 Å². The third-order valence-electron chi connectivity index (χ3n) is 2.59. The van der Waals surface area contributed by atoms with Gasteiger partial charge in [0.1, 0.15) is 5.84 Å². The van der Waals surface area contributed by atoms with Crippen LogP contribution in [0.4, 0.5) is 18.9 Å². The first-order valence-electron chi connectivity index (χ1n) is 5.91. The average molecular weight is 310 g/mol. The van der Waals surface area contributed by atoms with Crippen LogP contribution < -0.4 is 11.1 Å². The smallest absolute Gasteiger partial charge is 0.409 e. The van der Waals surface area contributed by atoms with Crippen molar-refractivity contribution >= 4 is 23.1 Å². The number of anilines is 1. The van der Waals surface area contributed by atoms with Crippen molar-refractivity contribution in [3.05, 3.63) is 28.8 Å². The number of rotatable bonds is 6. The molecule has 0 spiro atoms. The fraction of sp³-hybridized carbons (Fsp3) is 0.417. The Labute approximate surface area is 119 Å². The molecule has 1 aromatic carbocycles. The van der Waals surface area contributed by atoms with Crippen molar-refractivity contribution in [1.29, 1.82) is 0 Å². The van der Waals surface area contributed by atoms with Gasteiger partial charge >= 0.3 is 6.18 Å². The summed E-state index contributed by atoms with van der Waals surface area (Å²) in [6.45, 7) is 0.351. The van der Waals surface area contributed by atoms with Gasteiger partial charge in [-0.1, -0.05) is 16.8 Å². The maximum atomic E-state index is 12.8. The normalized spacial score (nSPS) is 12.5. The van der Waals surface area contributed by atoms with Gasteiger partial charge in [-0.3, -0.25) is 0 Å². The topological polar surface area (TPSA) is 70.6 Å². The van der Waals surface area contributed by atoms with Gasteiger partial charge in [-0.05, 0) is 31.0 Å². The van der Waals surface area contributed by atoms with Crippen molar-refractivity contribution < 1.29 is 18.4 Å². The molecule has 0 amide bonds. The summed E-state index contributed by atoms with van der Waals surface area (Å²) in [6.07, 6.45) is -2.86. The molecule has 4 N–H and O–H groups in total. The molecule has 0 heterocycles. The molecule has 0 saturated heterocycles. The summed E-state index contributed by atoms with van der Waals surface area (Å²) in [6, 6.07) is 3.59. The second kappa shape index (κ2) is 7.23. The van der Waals surface area contributed by atoms with E-state index in [9.17, 15) is 13.2 Å². The molecule has 0 bridgehead atoms. The maximum Gasteiger partial charge on any atom is 0.418 e. The summed E-state index contributed by atoms with van der Waals surface area (Å²) in [5.41, 5.74) is 4.48. The van der Waals surface area contributed by atoms with Crippen molar-refractivity contribution in [2.75, 3.05) is 11.9 Å². The summed E-state index contributed by atoms with van der Waals surface area (Å²) in [4.78, 5) is 0. The molecular weight excluding hydrogens is 295 g/mol. The molecule has 112 valence electrons. The van der Waals surface area contributed by atoms with Crippen LogP contribution in [0.3, 0.4) is 0 Å². The lowest BCUT2D eigenvalue weighted by molar-refractivity contribution is -0.136. The standard InChI is InChI=1S/C12H15ClF3N3O/c13-8-4-5-10(9(7-8)12(14,15)16)18-6-2-1-3-11(17)19-20/h4-5,7,18,20H,1-3,6H2,(H2,17,19). The molecule has 0 unspecified atom stereocenters. The summed E-state index contributed by atoms with van der Waals surface area (Å²) < 4.78 is 38.4. The SMILES string of the molecule is NC(CCCCNc1ccc(Cl)cc1C(F)(F)F)=NO. The second-order valence-corrected chi connectivity index (χ2v) is 4.60. The Morgan fingerprint density at radius 1 is 1.35 bits per heavy atom. The highest BCUT2D eigenvalue weighted by Gasteiger charge is 2.33. The Balaban J connectivity index is 2.56. The largest absolute Gasteiger partial charge is 0.418 e. The van der Waals surface area contributed by atoms with Crippen molar-refractivity contribution in [3.63, 3.8) is 0 Å². The third-order valence-corrected chi connectivity index (χ3v) is 2.83. The fourth-order valence-corrected chi connectivity index (χ4v) is 1.78. The van der Waals surface area contributed by atoms with E-state index in [2.05, 4.69) is 10.5 Å². The molecule has 1 aromatic rings. The Morgan fingerprint density at radius 2 is 2.05 bits per heavy atom. The molecule has 20 heavy (non-hydrogen) atoms. The molecule has 1 rings (SSSR count). The minimum absolute atomic E-state index is 0.00861. The lowest BCUT2D eigenvalue weighted by Gasteiger charge is -2.14. The quantitative estimate of drug-likeness (QED) is 0.247. The van der Waals surface area contributed by atoms with E-state index in [0.717, 1.165) is 6.07 Å². The van der Waals surface area contributed by atoms with E-state index in [-0.39, 0.29) is 16.5 Å². The number of hydrogen-bond donors (Lipinski definition) is 3. The molecule has 0 aliphatic rings. The van der Waals surface area contributed by atoms with Gasteiger partial charge in [0.25, 0.3) is 0 Å². The number of amidine groups is 1. The van der Waals surface area contributed by atoms with Gasteiger partial charge in [0, 0.05) is 23.7 Å². The first kappa shape index (κ1) is 16.4. The monoisotopic (exact) mass is 309 g/mol. The number of nitrogens with two attached hydrogens (primary N) is 1. The lowest BCUT2D eigenvalue weighted by Crippen LogP contribution is -2.13. The molecule has 0 saturated carbocycles. The minimum Gasteiger partial charge on any atom is -0.409 e. The van der Waals surface area contributed by atoms with Crippen LogP contribution in [-0.2, 0) is 6.18 Å². The van der Waals surface area contributed by atoms with Gasteiger partial charge in [0.05, 0.1) is 5.56 Å². The van der Waals surface area contributed by atoms with Crippen LogP contribution in [0.15, 0.2) is 23.4 Å². The van der Waals surface area contributed by atoms with Crippen molar-refractivity contribution in [1.82, 2.24) is 0 Å². The Bertz CT molecular complexity index is 478. The number of hydrogen-bond acceptors (Lipinski definition) is 3. The average Bonchev–Trinajstić information content (AvgIpc) is 2.38. The van der Waals surface area contributed by atoms with Crippen LogP contribution in [0.2, 0.25) is 5.02 Å². The molecular formula is C12H15ClF3N3O. The van der Waals surface area contributed by atoms with Crippen LogP contribution >= 0.6 is 11.6 Å². The number of nitrogens with one attached hydrogen (secondary N) is 1. The molecule has 0 atom stereocenters. The van der Waals surface area contributed by atoms with E-state index < -0.39 is 11.7 Å². The number of halogens is 4. The van der Waals surface area contributed by atoms with Gasteiger partial charge in [0.15, 0.2) is 0 Å². The van der Waals surface area contributed by atoms with E-state index in [1.165, 1.54) is 12.1 Å². The summed E-state index contributed by atoms with van der Waals surface area (Å²) >= 11 is 5.58. The Hall–Kier alpha value is -1.63. The molecule has 8 heteroatoms. The minimum atomic E-state index is -4.46. The van der Waals surface area contributed by atoms with Crippen LogP contribution in [-0.4, -0.2) is 17.6 Å². The maximum absolute atomic E-state index is 12.8. The van der Waals surface area contributed by atoms with Crippen molar-refractivity contribution in [2.45, 2.75) is 25.4 Å². The molecule has 0 fully saturated rings.